The molecule has 2 N–H and O–H groups in total. The van der Waals surface area contributed by atoms with Crippen molar-refractivity contribution in [3.8, 4) is 0 Å². The number of anilines is 1. The molecule has 1 aliphatic heterocycles. The smallest absolute Gasteiger partial charge is 0.427 e. The predicted molar refractivity (Wildman–Crippen MR) is 70.0 cm³/mol. The number of likely N-dealkylation sites (N-methyl/N-ethyl adjacent to an activating group) is 1. The molecule has 1 aromatic carbocycles. The van der Waals surface area contributed by atoms with Gasteiger partial charge in [0.2, 0.25) is 0 Å². The highest BCUT2D eigenvalue weighted by atomic mass is 16.4. The molecule has 0 spiro atoms. The fourth-order valence-corrected chi connectivity index (χ4v) is 2.12. The lowest BCUT2D eigenvalue weighted by Gasteiger charge is -2.34. The van der Waals surface area contributed by atoms with Gasteiger partial charge in [0.1, 0.15) is 0 Å². The van der Waals surface area contributed by atoms with Crippen LogP contribution in [0.5, 0.6) is 0 Å². The zero-order valence-electron chi connectivity index (χ0n) is 10.2. The van der Waals surface area contributed by atoms with Crippen LogP contribution in [-0.4, -0.2) is 55.3 Å². The van der Waals surface area contributed by atoms with Crippen LogP contribution in [0.1, 0.15) is 5.56 Å². The van der Waals surface area contributed by atoms with Crippen molar-refractivity contribution < 1.29 is 10.0 Å². The summed E-state index contributed by atoms with van der Waals surface area (Å²) in [7, 11) is 0.882. The van der Waals surface area contributed by atoms with Gasteiger partial charge < -0.3 is 19.8 Å². The molecule has 5 heteroatoms. The number of piperazine rings is 1. The van der Waals surface area contributed by atoms with E-state index in [1.807, 2.05) is 12.1 Å². The fraction of sp³-hybridized carbons (Fsp3) is 0.500. The van der Waals surface area contributed by atoms with Crippen LogP contribution >= 0.6 is 0 Å². The van der Waals surface area contributed by atoms with Crippen molar-refractivity contribution in [1.82, 2.24) is 4.90 Å². The minimum Gasteiger partial charge on any atom is -0.427 e. The second-order valence-electron chi connectivity index (χ2n) is 4.64. The Morgan fingerprint density at radius 1 is 1.06 bits per heavy atom. The molecular weight excluding hydrogens is 215 g/mol. The van der Waals surface area contributed by atoms with Crippen LogP contribution in [0, 0.1) is 0 Å². The van der Waals surface area contributed by atoms with E-state index < -0.39 is 7.12 Å². The Labute approximate surface area is 103 Å². The van der Waals surface area contributed by atoms with Crippen molar-refractivity contribution in [3.63, 3.8) is 0 Å². The Balaban J connectivity index is 1.97. The molecule has 0 bridgehead atoms. The van der Waals surface area contributed by atoms with Gasteiger partial charge in [-0.2, -0.15) is 0 Å². The van der Waals surface area contributed by atoms with Crippen molar-refractivity contribution >= 4 is 12.8 Å². The van der Waals surface area contributed by atoms with E-state index in [1.165, 1.54) is 5.69 Å². The van der Waals surface area contributed by atoms with E-state index in [2.05, 4.69) is 29.0 Å². The average Bonchev–Trinajstić information content (AvgIpc) is 2.30. The zero-order chi connectivity index (χ0) is 12.3. The number of benzene rings is 1. The lowest BCUT2D eigenvalue weighted by molar-refractivity contribution is 0.313. The summed E-state index contributed by atoms with van der Waals surface area (Å²) in [4.78, 5) is 4.69. The Bertz CT molecular complexity index is 348. The minimum atomic E-state index is -1.26. The molecule has 92 valence electrons. The van der Waals surface area contributed by atoms with E-state index in [4.69, 9.17) is 10.0 Å². The topological polar surface area (TPSA) is 46.9 Å². The van der Waals surface area contributed by atoms with E-state index in [-0.39, 0.29) is 0 Å². The van der Waals surface area contributed by atoms with Crippen molar-refractivity contribution in [2.24, 2.45) is 0 Å². The second kappa shape index (κ2) is 5.53. The lowest BCUT2D eigenvalue weighted by Crippen LogP contribution is -2.44. The monoisotopic (exact) mass is 234 g/mol. The highest BCUT2D eigenvalue weighted by Crippen LogP contribution is 2.17. The molecule has 1 fully saturated rings. The van der Waals surface area contributed by atoms with E-state index in [0.29, 0.717) is 6.32 Å². The maximum atomic E-state index is 8.89. The third-order valence-corrected chi connectivity index (χ3v) is 3.22. The molecule has 0 unspecified atom stereocenters. The van der Waals surface area contributed by atoms with Gasteiger partial charge in [0.25, 0.3) is 0 Å². The first-order valence-electron chi connectivity index (χ1n) is 6.04. The van der Waals surface area contributed by atoms with Gasteiger partial charge in [-0.15, -0.1) is 0 Å². The maximum Gasteiger partial charge on any atom is 0.456 e. The van der Waals surface area contributed by atoms with Crippen LogP contribution in [0.2, 0.25) is 0 Å². The Morgan fingerprint density at radius 3 is 2.18 bits per heavy atom. The van der Waals surface area contributed by atoms with Crippen molar-refractivity contribution in [1.29, 1.82) is 0 Å². The summed E-state index contributed by atoms with van der Waals surface area (Å²) in [6.45, 7) is 4.30. The third-order valence-electron chi connectivity index (χ3n) is 3.22. The number of rotatable bonds is 3. The summed E-state index contributed by atoms with van der Waals surface area (Å²) in [5, 5.41) is 17.8. The number of hydrogen-bond donors (Lipinski definition) is 2. The van der Waals surface area contributed by atoms with Gasteiger partial charge in [0, 0.05) is 38.2 Å². The Kier molecular flexibility index (Phi) is 4.04. The van der Waals surface area contributed by atoms with Crippen LogP contribution in [0.25, 0.3) is 0 Å². The van der Waals surface area contributed by atoms with Crippen LogP contribution in [0.4, 0.5) is 5.69 Å². The third kappa shape index (κ3) is 3.46. The van der Waals surface area contributed by atoms with E-state index in [0.717, 1.165) is 31.7 Å². The Morgan fingerprint density at radius 2 is 1.65 bits per heavy atom. The molecule has 1 heterocycles. The average molecular weight is 234 g/mol. The molecule has 1 saturated heterocycles. The van der Waals surface area contributed by atoms with E-state index >= 15 is 0 Å². The number of nitrogens with zero attached hydrogens (tertiary/aromatic N) is 2. The molecule has 4 nitrogen and oxygen atoms in total. The normalized spacial score (nSPS) is 17.2. The first-order chi connectivity index (χ1) is 8.15. The molecule has 2 rings (SSSR count). The van der Waals surface area contributed by atoms with Crippen LogP contribution < -0.4 is 4.90 Å². The van der Waals surface area contributed by atoms with Crippen molar-refractivity contribution in [2.45, 2.75) is 6.32 Å². The summed E-state index contributed by atoms with van der Waals surface area (Å²) in [6.07, 6.45) is 0.295. The van der Waals surface area contributed by atoms with Gasteiger partial charge in [0.05, 0.1) is 0 Å². The maximum absolute atomic E-state index is 8.89. The lowest BCUT2D eigenvalue weighted by atomic mass is 9.82. The molecule has 0 aliphatic carbocycles. The largest absolute Gasteiger partial charge is 0.456 e. The highest BCUT2D eigenvalue weighted by molar-refractivity contribution is 6.40. The van der Waals surface area contributed by atoms with Gasteiger partial charge in [-0.25, -0.2) is 0 Å². The molecule has 0 amide bonds. The summed E-state index contributed by atoms with van der Waals surface area (Å²) < 4.78 is 0. The standard InChI is InChI=1S/C12H19BN2O2/c1-14-6-8-15(9-7-14)12-4-2-11(3-5-12)10-13(16)17/h2-5,16-17H,6-10H2,1H3. The SMILES string of the molecule is CN1CCN(c2ccc(CB(O)O)cc2)CC1. The predicted octanol–water partition coefficient (Wildman–Crippen LogP) is -0.00710. The van der Waals surface area contributed by atoms with Crippen LogP contribution in [0.15, 0.2) is 24.3 Å². The van der Waals surface area contributed by atoms with Gasteiger partial charge in [0.15, 0.2) is 0 Å². The molecule has 0 saturated carbocycles. The second-order valence-corrected chi connectivity index (χ2v) is 4.64. The molecule has 17 heavy (non-hydrogen) atoms. The molecule has 0 atom stereocenters. The summed E-state index contributed by atoms with van der Waals surface area (Å²) >= 11 is 0. The van der Waals surface area contributed by atoms with Gasteiger partial charge in [-0.3, -0.25) is 0 Å². The summed E-state index contributed by atoms with van der Waals surface area (Å²) in [5.41, 5.74) is 2.17. The van der Waals surface area contributed by atoms with Crippen LogP contribution in [0.3, 0.4) is 0 Å². The van der Waals surface area contributed by atoms with E-state index in [1.54, 1.807) is 0 Å². The van der Waals surface area contributed by atoms with Gasteiger partial charge >= 0.3 is 7.12 Å². The fourth-order valence-electron chi connectivity index (χ4n) is 2.12. The van der Waals surface area contributed by atoms with Gasteiger partial charge in [-0.05, 0) is 24.7 Å². The molecule has 0 aromatic heterocycles. The minimum absolute atomic E-state index is 0.295. The zero-order valence-corrected chi connectivity index (χ0v) is 10.2. The molecular formula is C12H19BN2O2. The van der Waals surface area contributed by atoms with Crippen molar-refractivity contribution in [2.75, 3.05) is 38.1 Å². The first kappa shape index (κ1) is 12.4. The molecule has 1 aromatic rings. The quantitative estimate of drug-likeness (QED) is 0.722. The first-order valence-corrected chi connectivity index (χ1v) is 6.04. The number of hydrogen-bond acceptors (Lipinski definition) is 4. The van der Waals surface area contributed by atoms with Crippen molar-refractivity contribution in [3.05, 3.63) is 29.8 Å². The van der Waals surface area contributed by atoms with Crippen LogP contribution in [-0.2, 0) is 6.32 Å². The Hall–Kier alpha value is -1.04. The summed E-state index contributed by atoms with van der Waals surface area (Å²) in [6, 6.07) is 8.05. The highest BCUT2D eigenvalue weighted by Gasteiger charge is 2.14. The summed E-state index contributed by atoms with van der Waals surface area (Å²) in [5.74, 6) is 0. The molecule has 1 aliphatic rings. The molecule has 0 radical (unpaired) electrons. The van der Waals surface area contributed by atoms with Gasteiger partial charge in [-0.1, -0.05) is 12.1 Å². The van der Waals surface area contributed by atoms with E-state index in [9.17, 15) is 0 Å².